The summed E-state index contributed by atoms with van der Waals surface area (Å²) in [6.45, 7) is 7.86. The zero-order valence-corrected chi connectivity index (χ0v) is 18.9. The normalized spacial score (nSPS) is 11.5. The van der Waals surface area contributed by atoms with E-state index in [1.165, 1.54) is 0 Å². The van der Waals surface area contributed by atoms with Gasteiger partial charge in [-0.3, -0.25) is 19.4 Å². The zero-order valence-electron chi connectivity index (χ0n) is 18.9. The van der Waals surface area contributed by atoms with Crippen LogP contribution in [0.4, 0.5) is 0 Å². The summed E-state index contributed by atoms with van der Waals surface area (Å²) in [5.74, 6) is -1.70. The minimum atomic E-state index is -0.856. The van der Waals surface area contributed by atoms with Crippen LogP contribution < -0.4 is 5.73 Å². The average Bonchev–Trinajstić information content (AvgIpc) is 2.70. The highest BCUT2D eigenvalue weighted by Crippen LogP contribution is 1.96. The van der Waals surface area contributed by atoms with Crippen LogP contribution in [0.15, 0.2) is 36.6 Å². The third kappa shape index (κ3) is 23.5. The van der Waals surface area contributed by atoms with Crippen LogP contribution >= 0.6 is 0 Å². The van der Waals surface area contributed by atoms with Crippen molar-refractivity contribution in [3.8, 4) is 0 Å². The molecule has 0 fully saturated rings. The average molecular weight is 457 g/mol. The van der Waals surface area contributed by atoms with Crippen molar-refractivity contribution >= 4 is 18.1 Å². The van der Waals surface area contributed by atoms with E-state index in [1.54, 1.807) is 24.1 Å². The van der Waals surface area contributed by atoms with Crippen molar-refractivity contribution in [3.05, 3.63) is 36.6 Å². The topological polar surface area (TPSA) is 154 Å². The minimum Gasteiger partial charge on any atom is -0.480 e. The van der Waals surface area contributed by atoms with Crippen molar-refractivity contribution in [1.82, 2.24) is 14.7 Å². The molecule has 0 unspecified atom stereocenters. The van der Waals surface area contributed by atoms with Crippen LogP contribution in [0, 0.1) is 0 Å². The van der Waals surface area contributed by atoms with Gasteiger partial charge in [0, 0.05) is 38.4 Å². The molecule has 32 heavy (non-hydrogen) atoms. The van der Waals surface area contributed by atoms with E-state index in [1.807, 2.05) is 24.1 Å². The fourth-order valence-electron chi connectivity index (χ4n) is 2.34. The van der Waals surface area contributed by atoms with Crippen LogP contribution in [0.25, 0.3) is 0 Å². The molecule has 182 valence electrons. The smallest absolute Gasteiger partial charge is 0.373 e. The molecule has 0 heterocycles. The van der Waals surface area contributed by atoms with Crippen LogP contribution in [0.5, 0.6) is 0 Å². The molecule has 0 aliphatic rings. The highest BCUT2D eigenvalue weighted by molar-refractivity contribution is 5.69. The van der Waals surface area contributed by atoms with Gasteiger partial charge in [0.2, 0.25) is 0 Å². The van der Waals surface area contributed by atoms with Gasteiger partial charge in [0.05, 0.1) is 26.3 Å². The first-order valence-electron chi connectivity index (χ1n) is 10.0. The van der Waals surface area contributed by atoms with Gasteiger partial charge in [0.25, 0.3) is 0 Å². The number of rotatable bonds is 18. The summed E-state index contributed by atoms with van der Waals surface area (Å²) >= 11 is 0. The molecule has 0 aliphatic heterocycles. The van der Waals surface area contributed by atoms with Crippen molar-refractivity contribution < 1.29 is 34.1 Å². The molecule has 0 saturated carbocycles. The first-order chi connectivity index (χ1) is 15.2. The van der Waals surface area contributed by atoms with Gasteiger partial charge in [-0.05, 0) is 32.7 Å². The summed E-state index contributed by atoms with van der Waals surface area (Å²) in [5, 5.41) is 17.8. The fraction of sp³-hybridized carbons (Fsp3) is 0.571. The van der Waals surface area contributed by atoms with Crippen molar-refractivity contribution in [2.75, 3.05) is 73.1 Å². The second-order valence-electron chi connectivity index (χ2n) is 6.89. The molecule has 11 heteroatoms. The fourth-order valence-corrected chi connectivity index (χ4v) is 2.34. The first-order valence-corrected chi connectivity index (χ1v) is 10.0. The van der Waals surface area contributed by atoms with Crippen molar-refractivity contribution in [2.45, 2.75) is 6.42 Å². The molecule has 0 amide bonds. The van der Waals surface area contributed by atoms with E-state index in [4.69, 9.17) is 30.3 Å². The Bertz CT molecular complexity index is 632. The molecule has 4 N–H and O–H groups in total. The van der Waals surface area contributed by atoms with Crippen molar-refractivity contribution in [1.29, 1.82) is 0 Å². The monoisotopic (exact) mass is 456 g/mol. The predicted octanol–water partition coefficient (Wildman–Crippen LogP) is -0.271. The largest absolute Gasteiger partial charge is 0.480 e. The van der Waals surface area contributed by atoms with E-state index in [2.05, 4.69) is 11.5 Å². The van der Waals surface area contributed by atoms with Gasteiger partial charge >= 0.3 is 18.1 Å². The number of hydrogen-bond donors (Lipinski definition) is 3. The van der Waals surface area contributed by atoms with Gasteiger partial charge in [-0.1, -0.05) is 18.7 Å². The molecule has 0 aromatic rings. The standard InChI is InChI=1S/C20H36N4O5.CO2/c1-4-18(21)8-6-5-7-9-24(17-20(27)28)11-10-22(2)12-14-29-15-13-23(3)16-19(25)26;2-1-3/h4-6,8H,1,7,9-17,21H2,2-3H3,(H,25,26)(H,27,28);/b6-5+,18-8+;. The lowest BCUT2D eigenvalue weighted by molar-refractivity contribution is -0.191. The summed E-state index contributed by atoms with van der Waals surface area (Å²) < 4.78 is 5.53. The van der Waals surface area contributed by atoms with Crippen molar-refractivity contribution in [3.63, 3.8) is 0 Å². The van der Waals surface area contributed by atoms with Crippen molar-refractivity contribution in [2.24, 2.45) is 5.73 Å². The lowest BCUT2D eigenvalue weighted by Gasteiger charge is -2.24. The number of nitrogens with two attached hydrogens (primary N) is 1. The van der Waals surface area contributed by atoms with Gasteiger partial charge in [-0.25, -0.2) is 0 Å². The summed E-state index contributed by atoms with van der Waals surface area (Å²) in [4.78, 5) is 43.6. The van der Waals surface area contributed by atoms with Crippen LogP contribution in [0.1, 0.15) is 6.42 Å². The van der Waals surface area contributed by atoms with Gasteiger partial charge in [0.15, 0.2) is 0 Å². The Balaban J connectivity index is 0. The zero-order chi connectivity index (χ0) is 24.8. The minimum absolute atomic E-state index is 0.00126. The Labute approximate surface area is 189 Å². The van der Waals surface area contributed by atoms with Gasteiger partial charge < -0.3 is 25.6 Å². The van der Waals surface area contributed by atoms with E-state index in [-0.39, 0.29) is 19.2 Å². The maximum Gasteiger partial charge on any atom is 0.373 e. The van der Waals surface area contributed by atoms with Gasteiger partial charge in [-0.15, -0.1) is 0 Å². The van der Waals surface area contributed by atoms with Crippen LogP contribution in [-0.4, -0.2) is 116 Å². The van der Waals surface area contributed by atoms with Gasteiger partial charge in [0.1, 0.15) is 0 Å². The maximum atomic E-state index is 11.1. The molecule has 11 nitrogen and oxygen atoms in total. The number of carbonyl (C=O) groups is 2. The number of nitrogens with zero attached hydrogens (tertiary/aromatic N) is 3. The molecule has 0 radical (unpaired) electrons. The lowest BCUT2D eigenvalue weighted by Crippen LogP contribution is -2.38. The molecule has 0 bridgehead atoms. The Morgan fingerprint density at radius 3 is 2.06 bits per heavy atom. The summed E-state index contributed by atoms with van der Waals surface area (Å²) in [5.41, 5.74) is 6.20. The van der Waals surface area contributed by atoms with E-state index in [0.717, 1.165) is 19.5 Å². The van der Waals surface area contributed by atoms with Crippen LogP contribution in [0.2, 0.25) is 0 Å². The van der Waals surface area contributed by atoms with Gasteiger partial charge in [-0.2, -0.15) is 9.59 Å². The summed E-state index contributed by atoms with van der Waals surface area (Å²) in [6, 6.07) is 0. The van der Waals surface area contributed by atoms with E-state index in [9.17, 15) is 9.59 Å². The number of allylic oxidation sites excluding steroid dienone is 3. The lowest BCUT2D eigenvalue weighted by atomic mass is 10.3. The number of aliphatic carboxylic acids is 2. The second kappa shape index (κ2) is 21.4. The molecule has 0 rings (SSSR count). The first kappa shape index (κ1) is 31.4. The van der Waals surface area contributed by atoms with E-state index < -0.39 is 11.9 Å². The number of likely N-dealkylation sites (N-methyl/N-ethyl adjacent to an activating group) is 2. The number of ether oxygens (including phenoxy) is 1. The Kier molecular flexibility index (Phi) is 21.0. The predicted molar refractivity (Wildman–Crippen MR) is 119 cm³/mol. The molecule has 0 aliphatic carbocycles. The molecular weight excluding hydrogens is 420 g/mol. The molecular formula is C21H36N4O7. The summed E-state index contributed by atoms with van der Waals surface area (Å²) in [6.07, 6.45) is 8.08. The van der Waals surface area contributed by atoms with E-state index >= 15 is 0 Å². The second-order valence-corrected chi connectivity index (χ2v) is 6.89. The number of carbonyl (C=O) groups excluding carboxylic acids is 2. The molecule has 0 aromatic carbocycles. The highest BCUT2D eigenvalue weighted by Gasteiger charge is 2.10. The highest BCUT2D eigenvalue weighted by atomic mass is 16.5. The molecule has 0 aromatic heterocycles. The SMILES string of the molecule is C=C/C(N)=C\C=C\CCN(CCN(C)CCOCCN(C)CC(=O)O)CC(=O)O.O=C=O. The maximum absolute atomic E-state index is 11.1. The Morgan fingerprint density at radius 1 is 0.969 bits per heavy atom. The van der Waals surface area contributed by atoms with Crippen LogP contribution in [0.3, 0.4) is 0 Å². The molecule has 0 atom stereocenters. The number of carboxylic acid groups (broad SMARTS) is 2. The molecule has 0 spiro atoms. The van der Waals surface area contributed by atoms with E-state index in [0.29, 0.717) is 38.5 Å². The Hall–Kier alpha value is -2.82. The summed E-state index contributed by atoms with van der Waals surface area (Å²) in [7, 11) is 3.70. The van der Waals surface area contributed by atoms with Crippen LogP contribution in [-0.2, 0) is 23.9 Å². The third-order valence-electron chi connectivity index (χ3n) is 4.07. The number of carboxylic acids is 2. The Morgan fingerprint density at radius 2 is 1.53 bits per heavy atom. The number of hydrogen-bond acceptors (Lipinski definition) is 9. The quantitative estimate of drug-likeness (QED) is 0.184. The molecule has 0 saturated heterocycles. The third-order valence-corrected chi connectivity index (χ3v) is 4.07.